The van der Waals surface area contributed by atoms with Crippen LogP contribution in [0.3, 0.4) is 0 Å². The Hall–Kier alpha value is -2.11. The molecule has 2 N–H and O–H groups in total. The number of hydrogen-bond acceptors (Lipinski definition) is 4. The van der Waals surface area contributed by atoms with E-state index < -0.39 is 0 Å². The van der Waals surface area contributed by atoms with E-state index in [1.165, 1.54) is 46.4 Å². The highest BCUT2D eigenvalue weighted by Crippen LogP contribution is 2.48. The minimum atomic E-state index is 0.149. The van der Waals surface area contributed by atoms with Crippen molar-refractivity contribution in [3.8, 4) is 22.8 Å². The smallest absolute Gasteiger partial charge is 0.203 e. The summed E-state index contributed by atoms with van der Waals surface area (Å²) in [6, 6.07) is 11.1. The summed E-state index contributed by atoms with van der Waals surface area (Å²) in [5.41, 5.74) is 7.95. The number of methoxy groups -OCH3 is 1. The molecule has 0 aliphatic heterocycles. The van der Waals surface area contributed by atoms with E-state index in [0.29, 0.717) is 10.4 Å². The van der Waals surface area contributed by atoms with Crippen LogP contribution >= 0.6 is 23.6 Å². The fraction of sp³-hybridized carbons (Fsp3) is 0.423. The largest absolute Gasteiger partial charge is 0.496 e. The molecule has 31 heavy (non-hydrogen) atoms. The van der Waals surface area contributed by atoms with Crippen LogP contribution in [-0.2, 0) is 17.3 Å². The van der Waals surface area contributed by atoms with Crippen molar-refractivity contribution < 1.29 is 9.84 Å². The Kier molecular flexibility index (Phi) is 5.55. The predicted octanol–water partition coefficient (Wildman–Crippen LogP) is 7.44. The summed E-state index contributed by atoms with van der Waals surface area (Å²) in [5.74, 6) is 1.03. The van der Waals surface area contributed by atoms with Crippen molar-refractivity contribution in [3.63, 3.8) is 0 Å². The van der Waals surface area contributed by atoms with E-state index in [1.54, 1.807) is 7.11 Å². The number of thiazole rings is 1. The summed E-state index contributed by atoms with van der Waals surface area (Å²) < 4.78 is 6.35. The zero-order valence-electron chi connectivity index (χ0n) is 19.2. The zero-order valence-corrected chi connectivity index (χ0v) is 20.8. The van der Waals surface area contributed by atoms with Gasteiger partial charge in [0.05, 0.1) is 12.0 Å². The van der Waals surface area contributed by atoms with E-state index in [1.807, 2.05) is 6.07 Å². The third-order valence-electron chi connectivity index (χ3n) is 6.82. The van der Waals surface area contributed by atoms with Crippen LogP contribution < -0.4 is 4.74 Å². The third kappa shape index (κ3) is 4.06. The van der Waals surface area contributed by atoms with E-state index in [0.717, 1.165) is 21.8 Å². The van der Waals surface area contributed by atoms with Gasteiger partial charge in [0.25, 0.3) is 0 Å². The maximum Gasteiger partial charge on any atom is 0.203 e. The van der Waals surface area contributed by atoms with E-state index in [4.69, 9.17) is 17.0 Å². The van der Waals surface area contributed by atoms with Crippen LogP contribution in [0.5, 0.6) is 11.6 Å². The first-order valence-electron chi connectivity index (χ1n) is 10.8. The second kappa shape index (κ2) is 7.79. The second-order valence-corrected chi connectivity index (χ2v) is 11.8. The van der Waals surface area contributed by atoms with Gasteiger partial charge in [-0.05, 0) is 88.8 Å². The number of ether oxygens (including phenoxy) is 1. The molecule has 0 radical (unpaired) electrons. The van der Waals surface area contributed by atoms with E-state index >= 15 is 0 Å². The first-order valence-corrected chi connectivity index (χ1v) is 12.0. The molecule has 0 spiro atoms. The Labute approximate surface area is 194 Å². The Morgan fingerprint density at radius 1 is 1.03 bits per heavy atom. The molecule has 1 aliphatic rings. The highest BCUT2D eigenvalue weighted by atomic mass is 32.1. The number of aromatic nitrogens is 1. The number of aryl methyl sites for hydroxylation is 1. The molecule has 4 rings (SSSR count). The van der Waals surface area contributed by atoms with E-state index in [-0.39, 0.29) is 16.7 Å². The second-order valence-electron chi connectivity index (χ2n) is 9.98. The van der Waals surface area contributed by atoms with Gasteiger partial charge >= 0.3 is 0 Å². The lowest BCUT2D eigenvalue weighted by atomic mass is 9.62. The van der Waals surface area contributed by atoms with Crippen LogP contribution in [0.15, 0.2) is 30.3 Å². The lowest BCUT2D eigenvalue weighted by Crippen LogP contribution is -2.34. The summed E-state index contributed by atoms with van der Waals surface area (Å²) in [5, 5.41) is 10.1. The number of nitrogens with one attached hydrogen (secondary N) is 1. The van der Waals surface area contributed by atoms with Gasteiger partial charge in [-0.1, -0.05) is 39.8 Å². The summed E-state index contributed by atoms with van der Waals surface area (Å²) in [6.07, 6.45) is 3.02. The Bertz CT molecular complexity index is 1200. The topological polar surface area (TPSA) is 45.2 Å². The maximum atomic E-state index is 10.1. The molecule has 0 saturated carbocycles. The van der Waals surface area contributed by atoms with Gasteiger partial charge in [0.1, 0.15) is 5.75 Å². The fourth-order valence-electron chi connectivity index (χ4n) is 4.75. The highest BCUT2D eigenvalue weighted by Gasteiger charge is 2.37. The molecule has 0 fully saturated rings. The standard InChI is InChI=1S/C26H31NO2S2/c1-15-11-19-20(26(4,5)10-9-25(19,2)3)14-17(15)18-12-16(7-8-21(18)29-6)13-22-23(28)27-24(30)31-22/h7-8,11-12,14,28H,9-10,13H2,1-6H3,(H,27,30). The Morgan fingerprint density at radius 2 is 1.68 bits per heavy atom. The molecule has 1 aliphatic carbocycles. The molecular formula is C26H31NO2S2. The summed E-state index contributed by atoms with van der Waals surface area (Å²) >= 11 is 6.60. The lowest BCUT2D eigenvalue weighted by molar-refractivity contribution is 0.332. The lowest BCUT2D eigenvalue weighted by Gasteiger charge is -2.42. The summed E-state index contributed by atoms with van der Waals surface area (Å²) in [7, 11) is 1.73. The predicted molar refractivity (Wildman–Crippen MR) is 132 cm³/mol. The number of H-pyrrole nitrogens is 1. The number of aromatic amines is 1. The molecule has 3 aromatic rings. The van der Waals surface area contributed by atoms with Crippen LogP contribution in [0, 0.1) is 10.9 Å². The average molecular weight is 454 g/mol. The van der Waals surface area contributed by atoms with Gasteiger partial charge < -0.3 is 14.8 Å². The molecule has 0 atom stereocenters. The summed E-state index contributed by atoms with van der Waals surface area (Å²) in [4.78, 5) is 3.67. The first-order chi connectivity index (χ1) is 14.5. The number of rotatable bonds is 4. The van der Waals surface area contributed by atoms with Gasteiger partial charge in [0.2, 0.25) is 5.88 Å². The quantitative estimate of drug-likeness (QED) is 0.404. The number of fused-ring (bicyclic) bond motifs is 1. The van der Waals surface area contributed by atoms with Gasteiger partial charge in [-0.15, -0.1) is 11.3 Å². The molecule has 2 aromatic carbocycles. The van der Waals surface area contributed by atoms with Crippen molar-refractivity contribution in [1.82, 2.24) is 4.98 Å². The molecular weight excluding hydrogens is 422 g/mol. The van der Waals surface area contributed by atoms with Crippen molar-refractivity contribution in [3.05, 3.63) is 61.4 Å². The molecule has 0 bridgehead atoms. The first kappa shape index (κ1) is 22.1. The van der Waals surface area contributed by atoms with E-state index in [9.17, 15) is 5.11 Å². The molecule has 3 nitrogen and oxygen atoms in total. The van der Waals surface area contributed by atoms with Crippen LogP contribution in [0.1, 0.15) is 67.7 Å². The minimum absolute atomic E-state index is 0.149. The minimum Gasteiger partial charge on any atom is -0.496 e. The molecule has 0 unspecified atom stereocenters. The van der Waals surface area contributed by atoms with Gasteiger partial charge in [0, 0.05) is 12.0 Å². The van der Waals surface area contributed by atoms with Crippen LogP contribution in [0.2, 0.25) is 0 Å². The summed E-state index contributed by atoms with van der Waals surface area (Å²) in [6.45, 7) is 11.6. The normalized spacial score (nSPS) is 16.7. The Morgan fingerprint density at radius 3 is 2.26 bits per heavy atom. The zero-order chi connectivity index (χ0) is 22.6. The van der Waals surface area contributed by atoms with Crippen molar-refractivity contribution >= 4 is 23.6 Å². The van der Waals surface area contributed by atoms with Crippen LogP contribution in [0.4, 0.5) is 0 Å². The monoisotopic (exact) mass is 453 g/mol. The molecule has 164 valence electrons. The van der Waals surface area contributed by atoms with Gasteiger partial charge in [0.15, 0.2) is 3.95 Å². The molecule has 0 saturated heterocycles. The maximum absolute atomic E-state index is 10.1. The number of benzene rings is 2. The number of hydrogen-bond donors (Lipinski definition) is 2. The van der Waals surface area contributed by atoms with Gasteiger partial charge in [-0.25, -0.2) is 0 Å². The highest BCUT2D eigenvalue weighted by molar-refractivity contribution is 7.73. The third-order valence-corrected chi connectivity index (χ3v) is 8.04. The molecule has 5 heteroatoms. The SMILES string of the molecule is COc1ccc(Cc2sc(=S)[nH]c2O)cc1-c1cc2c(cc1C)C(C)(C)CCC2(C)C. The fourth-order valence-corrected chi connectivity index (χ4v) is 5.90. The van der Waals surface area contributed by atoms with Crippen molar-refractivity contribution in [2.24, 2.45) is 0 Å². The number of aromatic hydroxyl groups is 1. The van der Waals surface area contributed by atoms with Gasteiger partial charge in [-0.2, -0.15) is 0 Å². The van der Waals surface area contributed by atoms with Crippen molar-refractivity contribution in [2.45, 2.75) is 64.7 Å². The van der Waals surface area contributed by atoms with Crippen molar-refractivity contribution in [1.29, 1.82) is 0 Å². The molecule has 1 aromatic heterocycles. The van der Waals surface area contributed by atoms with Crippen molar-refractivity contribution in [2.75, 3.05) is 7.11 Å². The van der Waals surface area contributed by atoms with Crippen LogP contribution in [-0.4, -0.2) is 17.2 Å². The molecule has 0 amide bonds. The average Bonchev–Trinajstić information content (AvgIpc) is 3.02. The molecule has 1 heterocycles. The Balaban J connectivity index is 1.85. The van der Waals surface area contributed by atoms with E-state index in [2.05, 4.69) is 63.9 Å². The van der Waals surface area contributed by atoms with Crippen LogP contribution in [0.25, 0.3) is 11.1 Å². The van der Waals surface area contributed by atoms with Gasteiger partial charge in [-0.3, -0.25) is 0 Å².